The van der Waals surface area contributed by atoms with Crippen molar-refractivity contribution in [2.75, 3.05) is 20.2 Å². The van der Waals surface area contributed by atoms with Gasteiger partial charge in [-0.25, -0.2) is 5.84 Å². The van der Waals surface area contributed by atoms with Gasteiger partial charge in [-0.3, -0.25) is 10.2 Å². The molecule has 0 aliphatic carbocycles. The Morgan fingerprint density at radius 3 is 2.42 bits per heavy atom. The Bertz CT molecular complexity index is 660. The van der Waals surface area contributed by atoms with Crippen molar-refractivity contribution >= 4 is 19.1 Å². The van der Waals surface area contributed by atoms with Gasteiger partial charge in [-0.1, -0.05) is 24.3 Å². The molecule has 8 heteroatoms. The van der Waals surface area contributed by atoms with E-state index in [2.05, 4.69) is 5.32 Å². The Balaban J connectivity index is 2.28. The molecule has 1 aromatic rings. The molecule has 1 saturated heterocycles. The quantitative estimate of drug-likeness (QED) is 0.293. The number of hydrazine groups is 1. The molecule has 0 unspecified atom stereocenters. The first-order valence-electron chi connectivity index (χ1n) is 8.62. The third-order valence-corrected chi connectivity index (χ3v) is 4.72. The van der Waals surface area contributed by atoms with Crippen LogP contribution in [0, 0.1) is 0 Å². The van der Waals surface area contributed by atoms with Crippen LogP contribution in [0.5, 0.6) is 5.75 Å². The zero-order valence-electron chi connectivity index (χ0n) is 16.1. The minimum absolute atomic E-state index is 0.154. The van der Waals surface area contributed by atoms with E-state index in [0.717, 1.165) is 11.0 Å². The molecule has 1 heterocycles. The lowest BCUT2D eigenvalue weighted by molar-refractivity contribution is -0.123. The van der Waals surface area contributed by atoms with Crippen molar-refractivity contribution < 1.29 is 18.8 Å². The van der Waals surface area contributed by atoms with Gasteiger partial charge in [-0.05, 0) is 46.3 Å². The van der Waals surface area contributed by atoms with Crippen LogP contribution in [0.1, 0.15) is 33.3 Å². The van der Waals surface area contributed by atoms with Gasteiger partial charge in [0.1, 0.15) is 5.75 Å². The molecule has 0 radical (unpaired) electrons. The molecule has 1 aliphatic heterocycles. The van der Waals surface area contributed by atoms with Gasteiger partial charge in [-0.15, -0.1) is 0 Å². The molecule has 2 rings (SSSR count). The van der Waals surface area contributed by atoms with Crippen molar-refractivity contribution in [3.63, 3.8) is 0 Å². The predicted octanol–water partition coefficient (Wildman–Crippen LogP) is 1.29. The van der Waals surface area contributed by atoms with Crippen molar-refractivity contribution in [2.24, 2.45) is 5.84 Å². The van der Waals surface area contributed by atoms with E-state index in [1.165, 1.54) is 0 Å². The van der Waals surface area contributed by atoms with Crippen molar-refractivity contribution in [2.45, 2.75) is 38.9 Å². The highest BCUT2D eigenvalue weighted by Crippen LogP contribution is 2.39. The zero-order chi connectivity index (χ0) is 19.4. The normalized spacial score (nSPS) is 18.7. The highest BCUT2D eigenvalue weighted by molar-refractivity contribution is 6.56. The number of ether oxygens (including phenoxy) is 1. The molecule has 0 spiro atoms. The molecule has 1 fully saturated rings. The maximum atomic E-state index is 11.3. The number of amides is 1. The number of carbonyl (C=O) groups is 1. The van der Waals surface area contributed by atoms with Gasteiger partial charge in [-0.2, -0.15) is 0 Å². The number of nitrogens with one attached hydrogen (secondary N) is 2. The number of carbonyl (C=O) groups excluding carboxylic acids is 1. The summed E-state index contributed by atoms with van der Waals surface area (Å²) in [5, 5.41) is 3.15. The monoisotopic (exact) mass is 361 g/mol. The molecule has 0 atom stereocenters. The molecule has 4 N–H and O–H groups in total. The van der Waals surface area contributed by atoms with Crippen molar-refractivity contribution in [3.8, 4) is 5.75 Å². The summed E-state index contributed by atoms with van der Waals surface area (Å²) in [6, 6.07) is 7.47. The van der Waals surface area contributed by atoms with Gasteiger partial charge in [0.2, 0.25) is 0 Å². The summed E-state index contributed by atoms with van der Waals surface area (Å²) in [5.41, 5.74) is 2.98. The number of likely N-dealkylation sites (N-methyl/N-ethyl adjacent to an activating group) is 1. The van der Waals surface area contributed by atoms with Crippen LogP contribution in [-0.2, 0) is 14.1 Å². The summed E-state index contributed by atoms with van der Waals surface area (Å²) in [6.45, 7) is 8.52. The minimum Gasteiger partial charge on any atom is -0.483 e. The number of hydrogen-bond donors (Lipinski definition) is 3. The first-order chi connectivity index (χ1) is 12.2. The average Bonchev–Trinajstić information content (AvgIpc) is 2.81. The van der Waals surface area contributed by atoms with Gasteiger partial charge in [0, 0.05) is 12.1 Å². The van der Waals surface area contributed by atoms with Crippen molar-refractivity contribution in [1.82, 2.24) is 10.7 Å². The lowest BCUT2D eigenvalue weighted by Gasteiger charge is -2.32. The summed E-state index contributed by atoms with van der Waals surface area (Å²) in [7, 11) is 1.40. The summed E-state index contributed by atoms with van der Waals surface area (Å²) in [4.78, 5) is 11.3. The van der Waals surface area contributed by atoms with Gasteiger partial charge in [0.05, 0.1) is 11.2 Å². The molecule has 0 saturated carbocycles. The first-order valence-corrected chi connectivity index (χ1v) is 8.62. The van der Waals surface area contributed by atoms with Crippen LogP contribution in [0.25, 0.3) is 6.08 Å². The maximum Gasteiger partial charge on any atom is 0.491 e. The number of nitrogens with two attached hydrogens (primary N) is 1. The predicted molar refractivity (Wildman–Crippen MR) is 102 cm³/mol. The first kappa shape index (κ1) is 20.4. The van der Waals surface area contributed by atoms with Gasteiger partial charge < -0.3 is 19.4 Å². The van der Waals surface area contributed by atoms with Crippen LogP contribution in [0.4, 0.5) is 0 Å². The third kappa shape index (κ3) is 4.65. The summed E-state index contributed by atoms with van der Waals surface area (Å²) < 4.78 is 17.9. The van der Waals surface area contributed by atoms with E-state index < -0.39 is 24.2 Å². The van der Waals surface area contributed by atoms with Crippen LogP contribution in [-0.4, -0.2) is 44.4 Å². The van der Waals surface area contributed by atoms with Crippen molar-refractivity contribution in [1.29, 1.82) is 0 Å². The Morgan fingerprint density at radius 1 is 1.23 bits per heavy atom. The molecule has 142 valence electrons. The molecule has 0 aromatic heterocycles. The Labute approximate surface area is 155 Å². The molecular formula is C18H28BN3O4. The Morgan fingerprint density at radius 2 is 1.85 bits per heavy atom. The fourth-order valence-electron chi connectivity index (χ4n) is 2.52. The average molecular weight is 361 g/mol. The molecule has 7 nitrogen and oxygen atoms in total. The third-order valence-electron chi connectivity index (χ3n) is 4.72. The topological polar surface area (TPSA) is 94.8 Å². The van der Waals surface area contributed by atoms with Gasteiger partial charge in [0.25, 0.3) is 5.91 Å². The van der Waals surface area contributed by atoms with E-state index in [1.807, 2.05) is 64.4 Å². The molecule has 26 heavy (non-hydrogen) atoms. The van der Waals surface area contributed by atoms with Crippen LogP contribution in [0.3, 0.4) is 0 Å². The highest BCUT2D eigenvalue weighted by Gasteiger charge is 2.52. The van der Waals surface area contributed by atoms with Crippen LogP contribution < -0.4 is 21.3 Å². The van der Waals surface area contributed by atoms with Crippen molar-refractivity contribution in [3.05, 3.63) is 35.3 Å². The summed E-state index contributed by atoms with van der Waals surface area (Å²) in [6.07, 6.45) is 1.97. The molecule has 1 aromatic carbocycles. The fraction of sp³-hybridized carbons (Fsp3) is 0.500. The molecule has 1 aliphatic rings. The highest BCUT2D eigenvalue weighted by atomic mass is 16.7. The fourth-order valence-corrected chi connectivity index (χ4v) is 2.52. The van der Waals surface area contributed by atoms with E-state index in [4.69, 9.17) is 19.9 Å². The van der Waals surface area contributed by atoms with Gasteiger partial charge >= 0.3 is 7.12 Å². The van der Waals surface area contributed by atoms with Crippen LogP contribution in [0.2, 0.25) is 0 Å². The minimum atomic E-state index is -0.465. The lowest BCUT2D eigenvalue weighted by atomic mass is 9.77. The maximum absolute atomic E-state index is 11.3. The SMILES string of the molecule is CNCC(=Cc1ccccc1OCC(=O)NN)B1OC(C)(C)C(C)(C)O1. The summed E-state index contributed by atoms with van der Waals surface area (Å²) >= 11 is 0. The second-order valence-electron chi connectivity index (χ2n) is 7.23. The molecular weight excluding hydrogens is 333 g/mol. The second-order valence-corrected chi connectivity index (χ2v) is 7.23. The molecule has 0 bridgehead atoms. The Hall–Kier alpha value is -1.87. The number of para-hydroxylation sites is 1. The van der Waals surface area contributed by atoms with Gasteiger partial charge in [0.15, 0.2) is 6.61 Å². The lowest BCUT2D eigenvalue weighted by Crippen LogP contribution is -2.41. The van der Waals surface area contributed by atoms with E-state index in [1.54, 1.807) is 6.07 Å². The number of hydrogen-bond acceptors (Lipinski definition) is 6. The van der Waals surface area contributed by atoms with Crippen LogP contribution in [0.15, 0.2) is 29.7 Å². The van der Waals surface area contributed by atoms with Crippen LogP contribution >= 0.6 is 0 Å². The van der Waals surface area contributed by atoms with E-state index in [9.17, 15) is 4.79 Å². The smallest absolute Gasteiger partial charge is 0.483 e. The number of benzene rings is 1. The summed E-state index contributed by atoms with van der Waals surface area (Å²) in [5.74, 6) is 5.28. The van der Waals surface area contributed by atoms with E-state index in [-0.39, 0.29) is 6.61 Å². The van der Waals surface area contributed by atoms with E-state index in [0.29, 0.717) is 12.3 Å². The Kier molecular flexibility index (Phi) is 6.46. The standard InChI is InChI=1S/C18H28BN3O4/c1-17(2)18(3,4)26-19(25-17)14(11-21-5)10-13-8-6-7-9-15(13)24-12-16(23)22-20/h6-10,21H,11-12,20H2,1-5H3,(H,22,23). The molecule has 1 amide bonds. The number of rotatable bonds is 7. The zero-order valence-corrected chi connectivity index (χ0v) is 16.1. The largest absolute Gasteiger partial charge is 0.491 e. The second kappa shape index (κ2) is 8.22. The van der Waals surface area contributed by atoms with E-state index >= 15 is 0 Å².